The highest BCUT2D eigenvalue weighted by atomic mass is 15.0. The van der Waals surface area contributed by atoms with Crippen LogP contribution in [0.15, 0.2) is 115 Å². The average Bonchev–Trinajstić information content (AvgIpc) is 3.40. The van der Waals surface area contributed by atoms with Crippen LogP contribution < -0.4 is 0 Å². The Labute approximate surface area is 253 Å². The Bertz CT molecular complexity index is 2330. The minimum atomic E-state index is 0.0266. The van der Waals surface area contributed by atoms with E-state index in [1.165, 1.54) is 82.1 Å². The zero-order chi connectivity index (χ0) is 29.7. The number of rotatable bonds is 2. The molecule has 0 bridgehead atoms. The summed E-state index contributed by atoms with van der Waals surface area (Å²) < 4.78 is 2.53. The van der Waals surface area contributed by atoms with Crippen molar-refractivity contribution in [3.8, 4) is 16.9 Å². The Morgan fingerprint density at radius 3 is 1.70 bits per heavy atom. The predicted molar refractivity (Wildman–Crippen MR) is 187 cm³/mol. The molecule has 7 aromatic carbocycles. The van der Waals surface area contributed by atoms with Crippen LogP contribution in [0.4, 0.5) is 0 Å². The molecule has 0 aliphatic carbocycles. The van der Waals surface area contributed by atoms with Crippen LogP contribution in [0.25, 0.3) is 70.9 Å². The second-order valence-corrected chi connectivity index (χ2v) is 14.3. The molecule has 1 heterocycles. The summed E-state index contributed by atoms with van der Waals surface area (Å²) in [5.41, 5.74) is 7.75. The predicted octanol–water partition coefficient (Wildman–Crippen LogP) is 11.9. The Hall–Kier alpha value is -4.62. The fourth-order valence-corrected chi connectivity index (χ4v) is 7.07. The SMILES string of the molecule is CC(C)(C)c1cc2ccc3cc(C(C)(C)C)cc4c3c2c(c1)c1cc(-c2cccc3ccccc23)n(-c2ccccc2)c14. The molecule has 0 spiro atoms. The molecule has 0 aliphatic heterocycles. The molecular formula is C42H37N. The molecule has 0 unspecified atom stereocenters. The molecule has 0 N–H and O–H groups in total. The molecule has 1 heteroatoms. The van der Waals surface area contributed by atoms with Gasteiger partial charge in [0.25, 0.3) is 0 Å². The van der Waals surface area contributed by atoms with Gasteiger partial charge < -0.3 is 4.57 Å². The highest BCUT2D eigenvalue weighted by molar-refractivity contribution is 6.34. The van der Waals surface area contributed by atoms with Gasteiger partial charge in [-0.2, -0.15) is 0 Å². The molecule has 0 aliphatic rings. The molecule has 8 aromatic rings. The van der Waals surface area contributed by atoms with Gasteiger partial charge in [-0.1, -0.05) is 126 Å². The van der Waals surface area contributed by atoms with Crippen LogP contribution in [0.5, 0.6) is 0 Å². The maximum atomic E-state index is 2.53. The van der Waals surface area contributed by atoms with Crippen molar-refractivity contribution in [3.05, 3.63) is 126 Å². The van der Waals surface area contributed by atoms with Gasteiger partial charge in [0.15, 0.2) is 0 Å². The van der Waals surface area contributed by atoms with E-state index >= 15 is 0 Å². The molecule has 43 heavy (non-hydrogen) atoms. The lowest BCUT2D eigenvalue weighted by Crippen LogP contribution is -2.12. The van der Waals surface area contributed by atoms with E-state index in [1.807, 2.05) is 0 Å². The standard InChI is InChI=1S/C42H37N/c1-41(2,3)29-21-27-19-20-28-22-30(42(4,5)6)24-36-39(28)38(27)34(23-29)35-25-37(43(40(35)36)31-15-8-7-9-16-31)33-18-12-14-26-13-10-11-17-32(26)33/h7-25H,1-6H3. The number of hydrogen-bond acceptors (Lipinski definition) is 0. The Morgan fingerprint density at radius 2 is 1.02 bits per heavy atom. The lowest BCUT2D eigenvalue weighted by atomic mass is 9.80. The number of benzene rings is 7. The molecule has 8 rings (SSSR count). The van der Waals surface area contributed by atoms with Crippen LogP contribution >= 0.6 is 0 Å². The summed E-state index contributed by atoms with van der Waals surface area (Å²) >= 11 is 0. The van der Waals surface area contributed by atoms with E-state index in [1.54, 1.807) is 0 Å². The molecule has 1 aromatic heterocycles. The van der Waals surface area contributed by atoms with Crippen molar-refractivity contribution < 1.29 is 0 Å². The summed E-state index contributed by atoms with van der Waals surface area (Å²) in [6.45, 7) is 13.9. The molecule has 0 fully saturated rings. The summed E-state index contributed by atoms with van der Waals surface area (Å²) in [6, 6.07) is 43.4. The van der Waals surface area contributed by atoms with E-state index in [0.29, 0.717) is 0 Å². The monoisotopic (exact) mass is 555 g/mol. The van der Waals surface area contributed by atoms with E-state index in [4.69, 9.17) is 0 Å². The Morgan fingerprint density at radius 1 is 0.442 bits per heavy atom. The third-order valence-electron chi connectivity index (χ3n) is 9.39. The molecule has 0 atom stereocenters. The van der Waals surface area contributed by atoms with Crippen molar-refractivity contribution in [1.29, 1.82) is 0 Å². The molecule has 1 nitrogen and oxygen atoms in total. The van der Waals surface area contributed by atoms with Gasteiger partial charge in [-0.15, -0.1) is 0 Å². The molecule has 0 amide bonds. The van der Waals surface area contributed by atoms with E-state index < -0.39 is 0 Å². The van der Waals surface area contributed by atoms with E-state index in [2.05, 4.69) is 161 Å². The second kappa shape index (κ2) is 8.94. The summed E-state index contributed by atoms with van der Waals surface area (Å²) in [6.07, 6.45) is 0. The van der Waals surface area contributed by atoms with Gasteiger partial charge in [0, 0.05) is 22.0 Å². The normalized spacial score (nSPS) is 12.9. The summed E-state index contributed by atoms with van der Waals surface area (Å²) in [5.74, 6) is 0. The third-order valence-corrected chi connectivity index (χ3v) is 9.39. The van der Waals surface area contributed by atoms with Crippen LogP contribution in [-0.4, -0.2) is 4.57 Å². The first-order chi connectivity index (χ1) is 20.6. The largest absolute Gasteiger partial charge is 0.309 e. The minimum absolute atomic E-state index is 0.0266. The topological polar surface area (TPSA) is 4.93 Å². The molecular weight excluding hydrogens is 518 g/mol. The number of aromatic nitrogens is 1. The summed E-state index contributed by atoms with van der Waals surface area (Å²) in [5, 5.41) is 11.9. The molecule has 210 valence electrons. The summed E-state index contributed by atoms with van der Waals surface area (Å²) in [7, 11) is 0. The van der Waals surface area contributed by atoms with E-state index in [9.17, 15) is 0 Å². The Kier molecular flexibility index (Phi) is 5.42. The van der Waals surface area contributed by atoms with Gasteiger partial charge in [0.2, 0.25) is 0 Å². The lowest BCUT2D eigenvalue weighted by Gasteiger charge is -2.24. The first-order valence-corrected chi connectivity index (χ1v) is 15.5. The zero-order valence-electron chi connectivity index (χ0n) is 25.9. The number of fused-ring (bicyclic) bond motifs is 4. The van der Waals surface area contributed by atoms with Gasteiger partial charge in [-0.05, 0) is 90.0 Å². The quantitative estimate of drug-likeness (QED) is 0.187. The van der Waals surface area contributed by atoms with Crippen molar-refractivity contribution >= 4 is 54.0 Å². The maximum Gasteiger partial charge on any atom is 0.0620 e. The van der Waals surface area contributed by atoms with Gasteiger partial charge >= 0.3 is 0 Å². The number of nitrogens with zero attached hydrogens (tertiary/aromatic N) is 1. The smallest absolute Gasteiger partial charge is 0.0620 e. The number of para-hydroxylation sites is 1. The van der Waals surface area contributed by atoms with Crippen LogP contribution in [0.1, 0.15) is 52.7 Å². The van der Waals surface area contributed by atoms with Gasteiger partial charge in [0.05, 0.1) is 11.2 Å². The first-order valence-electron chi connectivity index (χ1n) is 15.5. The maximum absolute atomic E-state index is 2.53. The van der Waals surface area contributed by atoms with Crippen molar-refractivity contribution in [2.24, 2.45) is 0 Å². The van der Waals surface area contributed by atoms with Crippen LogP contribution in [0.3, 0.4) is 0 Å². The molecule has 0 saturated carbocycles. The molecule has 0 radical (unpaired) electrons. The van der Waals surface area contributed by atoms with Crippen molar-refractivity contribution in [2.45, 2.75) is 52.4 Å². The highest BCUT2D eigenvalue weighted by Gasteiger charge is 2.25. The molecule has 0 saturated heterocycles. The summed E-state index contributed by atoms with van der Waals surface area (Å²) in [4.78, 5) is 0. The van der Waals surface area contributed by atoms with Crippen LogP contribution in [0.2, 0.25) is 0 Å². The third kappa shape index (κ3) is 3.91. The van der Waals surface area contributed by atoms with E-state index in [0.717, 1.165) is 0 Å². The van der Waals surface area contributed by atoms with Gasteiger partial charge in [0.1, 0.15) is 0 Å². The Balaban J connectivity index is 1.67. The highest BCUT2D eigenvalue weighted by Crippen LogP contribution is 2.47. The van der Waals surface area contributed by atoms with E-state index in [-0.39, 0.29) is 10.8 Å². The fraction of sp³-hybridized carbons (Fsp3) is 0.190. The second-order valence-electron chi connectivity index (χ2n) is 14.3. The van der Waals surface area contributed by atoms with Gasteiger partial charge in [-0.3, -0.25) is 0 Å². The number of hydrogen-bond donors (Lipinski definition) is 0. The van der Waals surface area contributed by atoms with Crippen molar-refractivity contribution in [2.75, 3.05) is 0 Å². The zero-order valence-corrected chi connectivity index (χ0v) is 25.9. The average molecular weight is 556 g/mol. The first kappa shape index (κ1) is 26.0. The minimum Gasteiger partial charge on any atom is -0.309 e. The van der Waals surface area contributed by atoms with Crippen molar-refractivity contribution in [1.82, 2.24) is 4.57 Å². The van der Waals surface area contributed by atoms with Gasteiger partial charge in [-0.25, -0.2) is 0 Å². The van der Waals surface area contributed by atoms with Crippen LogP contribution in [-0.2, 0) is 10.8 Å². The fourth-order valence-electron chi connectivity index (χ4n) is 7.07. The van der Waals surface area contributed by atoms with Crippen LogP contribution in [0, 0.1) is 0 Å². The lowest BCUT2D eigenvalue weighted by molar-refractivity contribution is 0.591. The van der Waals surface area contributed by atoms with Crippen molar-refractivity contribution in [3.63, 3.8) is 0 Å².